The van der Waals surface area contributed by atoms with Gasteiger partial charge in [-0.1, -0.05) is 54.9 Å². The van der Waals surface area contributed by atoms with Crippen molar-refractivity contribution in [1.82, 2.24) is 14.9 Å². The number of thiophene rings is 1. The summed E-state index contributed by atoms with van der Waals surface area (Å²) in [5.41, 5.74) is 2.11. The summed E-state index contributed by atoms with van der Waals surface area (Å²) in [4.78, 5) is 45.4. The molecule has 8 heteroatoms. The van der Waals surface area contributed by atoms with Gasteiger partial charge in [-0.25, -0.2) is 4.98 Å². The third-order valence-corrected chi connectivity index (χ3v) is 8.64. The molecule has 0 spiro atoms. The van der Waals surface area contributed by atoms with Crippen LogP contribution in [0.2, 0.25) is 0 Å². The van der Waals surface area contributed by atoms with Gasteiger partial charge in [0.15, 0.2) is 5.16 Å². The van der Waals surface area contributed by atoms with E-state index in [0.29, 0.717) is 5.16 Å². The van der Waals surface area contributed by atoms with E-state index in [4.69, 9.17) is 4.98 Å². The minimum Gasteiger partial charge on any atom is -0.295 e. The van der Waals surface area contributed by atoms with Crippen molar-refractivity contribution in [3.63, 3.8) is 0 Å². The number of imide groups is 1. The highest BCUT2D eigenvalue weighted by Gasteiger charge is 2.27. The summed E-state index contributed by atoms with van der Waals surface area (Å²) in [6.07, 6.45) is 8.57. The molecule has 5 rings (SSSR count). The van der Waals surface area contributed by atoms with Crippen molar-refractivity contribution < 1.29 is 9.59 Å². The second-order valence-corrected chi connectivity index (χ2v) is 10.8. The van der Waals surface area contributed by atoms with Crippen molar-refractivity contribution in [2.75, 3.05) is 5.75 Å². The molecule has 0 radical (unpaired) electrons. The molecule has 2 aromatic heterocycles. The molecule has 1 fully saturated rings. The number of aromatic nitrogens is 2. The average Bonchev–Trinajstić information content (AvgIpc) is 3.46. The van der Waals surface area contributed by atoms with Gasteiger partial charge in [0.2, 0.25) is 11.8 Å². The van der Waals surface area contributed by atoms with Crippen LogP contribution in [0.1, 0.15) is 60.6 Å². The highest BCUT2D eigenvalue weighted by molar-refractivity contribution is 7.99. The largest absolute Gasteiger partial charge is 0.295 e. The summed E-state index contributed by atoms with van der Waals surface area (Å²) in [5.74, 6) is -0.635. The average molecular weight is 482 g/mol. The zero-order valence-corrected chi connectivity index (χ0v) is 20.1. The van der Waals surface area contributed by atoms with Crippen molar-refractivity contribution in [3.8, 4) is 0 Å². The summed E-state index contributed by atoms with van der Waals surface area (Å²) in [7, 11) is 0. The van der Waals surface area contributed by atoms with Gasteiger partial charge in [-0.15, -0.1) is 11.3 Å². The van der Waals surface area contributed by atoms with Crippen LogP contribution < -0.4 is 10.9 Å². The second-order valence-electron chi connectivity index (χ2n) is 8.82. The lowest BCUT2D eigenvalue weighted by Gasteiger charge is -2.18. The maximum absolute atomic E-state index is 13.7. The molecule has 0 bridgehead atoms. The Bertz CT molecular complexity index is 1240. The Balaban J connectivity index is 1.36. The molecule has 33 heavy (non-hydrogen) atoms. The molecule has 2 amide bonds. The summed E-state index contributed by atoms with van der Waals surface area (Å²) >= 11 is 2.89. The van der Waals surface area contributed by atoms with Crippen LogP contribution in [0.3, 0.4) is 0 Å². The molecule has 2 aliphatic rings. The smallest absolute Gasteiger partial charge is 0.263 e. The lowest BCUT2D eigenvalue weighted by Crippen LogP contribution is -2.33. The van der Waals surface area contributed by atoms with Crippen LogP contribution in [0.15, 0.2) is 40.3 Å². The lowest BCUT2D eigenvalue weighted by molar-refractivity contribution is -0.128. The predicted octanol–water partition coefficient (Wildman–Crippen LogP) is 4.43. The zero-order chi connectivity index (χ0) is 22.8. The van der Waals surface area contributed by atoms with Gasteiger partial charge in [0.25, 0.3) is 5.56 Å². The van der Waals surface area contributed by atoms with E-state index in [2.05, 4.69) is 5.32 Å². The molecule has 0 atom stereocenters. The van der Waals surface area contributed by atoms with Gasteiger partial charge in [0.1, 0.15) is 4.83 Å². The first-order chi connectivity index (χ1) is 16.1. The minimum absolute atomic E-state index is 0.0503. The molecule has 0 unspecified atom stereocenters. The maximum atomic E-state index is 13.7. The van der Waals surface area contributed by atoms with Crippen molar-refractivity contribution in [2.45, 2.75) is 69.0 Å². The monoisotopic (exact) mass is 481 g/mol. The number of carbonyl (C=O) groups is 2. The number of carbonyl (C=O) groups excluding carboxylic acids is 2. The van der Waals surface area contributed by atoms with E-state index in [1.165, 1.54) is 22.2 Å². The van der Waals surface area contributed by atoms with Crippen LogP contribution in [0, 0.1) is 0 Å². The first kappa shape index (κ1) is 22.3. The predicted molar refractivity (Wildman–Crippen MR) is 132 cm³/mol. The summed E-state index contributed by atoms with van der Waals surface area (Å²) in [6.45, 7) is 0. The van der Waals surface area contributed by atoms with Gasteiger partial charge in [0.05, 0.1) is 17.6 Å². The minimum atomic E-state index is -0.362. The standard InChI is InChI=1S/C25H27N3O3S2/c29-20(14-16-8-2-1-3-9-16)26-21(30)15-32-25-27-23-22(18-12-6-7-13-19(18)33-23)24(31)28(25)17-10-4-5-11-17/h1-3,8-9,17H,4-7,10-15H2,(H,26,29,30). The zero-order valence-electron chi connectivity index (χ0n) is 18.5. The molecule has 0 aliphatic heterocycles. The SMILES string of the molecule is O=C(CSc1nc2sc3c(c2c(=O)n1C1CCCC1)CCCC3)NC(=O)Cc1ccccc1. The molecule has 1 aromatic carbocycles. The summed E-state index contributed by atoms with van der Waals surface area (Å²) < 4.78 is 1.85. The van der Waals surface area contributed by atoms with Crippen LogP contribution in [-0.4, -0.2) is 27.1 Å². The van der Waals surface area contributed by atoms with Gasteiger partial charge >= 0.3 is 0 Å². The Hall–Kier alpha value is -2.45. The van der Waals surface area contributed by atoms with E-state index in [-0.39, 0.29) is 35.6 Å². The number of fused-ring (bicyclic) bond motifs is 3. The van der Waals surface area contributed by atoms with Crippen LogP contribution >= 0.6 is 23.1 Å². The Kier molecular flexibility index (Phi) is 6.64. The number of amides is 2. The van der Waals surface area contributed by atoms with Crippen molar-refractivity contribution in [1.29, 1.82) is 0 Å². The Morgan fingerprint density at radius 1 is 1.06 bits per heavy atom. The van der Waals surface area contributed by atoms with E-state index in [1.54, 1.807) is 11.3 Å². The molecule has 2 aliphatic carbocycles. The molecule has 172 valence electrons. The van der Waals surface area contributed by atoms with Crippen molar-refractivity contribution in [2.24, 2.45) is 0 Å². The van der Waals surface area contributed by atoms with E-state index in [0.717, 1.165) is 67.1 Å². The van der Waals surface area contributed by atoms with Gasteiger partial charge < -0.3 is 0 Å². The first-order valence-corrected chi connectivity index (χ1v) is 13.5. The van der Waals surface area contributed by atoms with Crippen LogP contribution in [0.5, 0.6) is 0 Å². The maximum Gasteiger partial charge on any atom is 0.263 e. The molecule has 6 nitrogen and oxygen atoms in total. The Morgan fingerprint density at radius 3 is 2.61 bits per heavy atom. The van der Waals surface area contributed by atoms with Gasteiger partial charge in [-0.2, -0.15) is 0 Å². The summed E-state index contributed by atoms with van der Waals surface area (Å²) in [5, 5.41) is 3.87. The molecule has 3 aromatic rings. The normalized spacial score (nSPS) is 16.1. The van der Waals surface area contributed by atoms with Crippen molar-refractivity contribution >= 4 is 45.1 Å². The topological polar surface area (TPSA) is 81.1 Å². The van der Waals surface area contributed by atoms with Crippen LogP contribution in [-0.2, 0) is 28.9 Å². The number of hydrogen-bond acceptors (Lipinski definition) is 6. The number of hydrogen-bond donors (Lipinski definition) is 1. The highest BCUT2D eigenvalue weighted by atomic mass is 32.2. The fraction of sp³-hybridized carbons (Fsp3) is 0.440. The van der Waals surface area contributed by atoms with Crippen LogP contribution in [0.4, 0.5) is 0 Å². The van der Waals surface area contributed by atoms with Gasteiger partial charge in [-0.05, 0) is 49.7 Å². The number of rotatable bonds is 6. The van der Waals surface area contributed by atoms with E-state index < -0.39 is 0 Å². The second kappa shape index (κ2) is 9.81. The third kappa shape index (κ3) is 4.77. The van der Waals surface area contributed by atoms with Crippen molar-refractivity contribution in [3.05, 3.63) is 56.7 Å². The van der Waals surface area contributed by atoms with Gasteiger partial charge in [0, 0.05) is 10.9 Å². The number of aryl methyl sites for hydroxylation is 2. The van der Waals surface area contributed by atoms with Gasteiger partial charge in [-0.3, -0.25) is 24.3 Å². The molecular weight excluding hydrogens is 454 g/mol. The lowest BCUT2D eigenvalue weighted by atomic mass is 9.97. The Morgan fingerprint density at radius 2 is 1.82 bits per heavy atom. The Labute approximate surface area is 200 Å². The number of thioether (sulfide) groups is 1. The molecule has 2 heterocycles. The summed E-state index contributed by atoms with van der Waals surface area (Å²) in [6, 6.07) is 9.48. The fourth-order valence-corrected chi connectivity index (χ4v) is 7.10. The van der Waals surface area contributed by atoms with E-state index in [9.17, 15) is 14.4 Å². The third-order valence-electron chi connectivity index (χ3n) is 6.50. The number of nitrogens with zero attached hydrogens (tertiary/aromatic N) is 2. The molecule has 0 saturated heterocycles. The number of benzene rings is 1. The number of nitrogens with one attached hydrogen (secondary N) is 1. The quantitative estimate of drug-likeness (QED) is 0.416. The van der Waals surface area contributed by atoms with E-state index in [1.807, 2.05) is 34.9 Å². The van der Waals surface area contributed by atoms with E-state index >= 15 is 0 Å². The highest BCUT2D eigenvalue weighted by Crippen LogP contribution is 2.37. The molecule has 1 N–H and O–H groups in total. The molecular formula is C25H27N3O3S2. The van der Waals surface area contributed by atoms with Crippen LogP contribution in [0.25, 0.3) is 10.2 Å². The molecule has 1 saturated carbocycles. The fourth-order valence-electron chi connectivity index (χ4n) is 4.93. The first-order valence-electron chi connectivity index (χ1n) is 11.7.